The molecule has 482 valence electrons. The predicted octanol–water partition coefficient (Wildman–Crippen LogP) is -9.78. The maximum atomic E-state index is 12.9. The van der Waals surface area contributed by atoms with Crippen LogP contribution in [0.1, 0.15) is 33.1 Å². The molecule has 6 saturated heterocycles. The van der Waals surface area contributed by atoms with Crippen molar-refractivity contribution in [2.75, 3.05) is 46.2 Å². The van der Waals surface area contributed by atoms with Crippen LogP contribution in [0.4, 0.5) is 5.69 Å². The molecular formula is C49H79N3O32. The Kier molecular flexibility index (Phi) is 25.0. The number of hydrogen-bond acceptors (Lipinski definition) is 33. The van der Waals surface area contributed by atoms with E-state index in [9.17, 15) is 96.6 Å². The maximum absolute atomic E-state index is 12.9. The lowest BCUT2D eigenvalue weighted by Crippen LogP contribution is -2.70. The number of rotatable bonds is 25. The van der Waals surface area contributed by atoms with E-state index in [1.54, 1.807) is 0 Å². The van der Waals surface area contributed by atoms with Gasteiger partial charge in [0, 0.05) is 25.7 Å². The molecule has 0 spiro atoms. The highest BCUT2D eigenvalue weighted by molar-refractivity contribution is 5.73. The van der Waals surface area contributed by atoms with Crippen LogP contribution >= 0.6 is 0 Å². The highest BCUT2D eigenvalue weighted by Crippen LogP contribution is 2.38. The molecule has 0 radical (unpaired) electrons. The summed E-state index contributed by atoms with van der Waals surface area (Å²) in [6.07, 6.45) is -52.2. The summed E-state index contributed by atoms with van der Waals surface area (Å²) in [5.41, 5.74) is 5.33. The highest BCUT2D eigenvalue weighted by Gasteiger charge is 2.58. The van der Waals surface area contributed by atoms with E-state index in [1.165, 1.54) is 19.1 Å². The Hall–Kier alpha value is -3.27. The largest absolute Gasteiger partial charge is 0.491 e. The molecule has 0 saturated carbocycles. The van der Waals surface area contributed by atoms with Gasteiger partial charge in [-0.05, 0) is 44.9 Å². The molecule has 0 bridgehead atoms. The number of nitro benzene ring substituents is 1. The SMILES string of the molecule is CC(=O)N[C@H]1C(O[C@@H]2OC(CO)[C@H](O)C(O)[C@@H]2O[C@@H]2OC(C)[C@@H](O)C(O)[C@@H]2O)[C@@H](O)C(CO)O[C@H]1O[C@@H]1C(O)[C@@H](O[C@H]2C(CO)O[C@@H](O[C@@H]3C(COc4ccc([N+](=O)[O-])cc4)O[C@@H](OCCCCCN)[C@@H](O)C3O)[C@@H](O)C2O)OC(CO)[C@@H]1O. The molecule has 12 unspecified atom stereocenters. The van der Waals surface area contributed by atoms with Gasteiger partial charge in [0.25, 0.3) is 5.69 Å². The molecule has 35 nitrogen and oxygen atoms in total. The van der Waals surface area contributed by atoms with Crippen LogP contribution in [-0.2, 0) is 61.6 Å². The van der Waals surface area contributed by atoms with Gasteiger partial charge < -0.3 is 154 Å². The maximum Gasteiger partial charge on any atom is 0.269 e. The first-order valence-electron chi connectivity index (χ1n) is 27.2. The van der Waals surface area contributed by atoms with E-state index in [1.807, 2.05) is 0 Å². The van der Waals surface area contributed by atoms with E-state index in [2.05, 4.69) is 5.32 Å². The number of aliphatic hydroxyl groups excluding tert-OH is 16. The fraction of sp³-hybridized carbons (Fsp3) is 0.857. The van der Waals surface area contributed by atoms with Gasteiger partial charge in [0.05, 0.1) is 37.5 Å². The zero-order valence-corrected chi connectivity index (χ0v) is 45.4. The van der Waals surface area contributed by atoms with Crippen LogP contribution in [0.3, 0.4) is 0 Å². The highest BCUT2D eigenvalue weighted by atomic mass is 16.8. The van der Waals surface area contributed by atoms with Gasteiger partial charge in [0.2, 0.25) is 5.91 Å². The Morgan fingerprint density at radius 1 is 0.512 bits per heavy atom. The van der Waals surface area contributed by atoms with Crippen LogP contribution in [0.25, 0.3) is 0 Å². The summed E-state index contributed by atoms with van der Waals surface area (Å²) in [5.74, 6) is -0.767. The smallest absolute Gasteiger partial charge is 0.269 e. The van der Waals surface area contributed by atoms with Crippen molar-refractivity contribution in [1.29, 1.82) is 0 Å². The molecule has 30 atom stereocenters. The van der Waals surface area contributed by atoms with Gasteiger partial charge in [-0.1, -0.05) is 0 Å². The molecule has 84 heavy (non-hydrogen) atoms. The van der Waals surface area contributed by atoms with Crippen LogP contribution in [0.5, 0.6) is 5.75 Å². The van der Waals surface area contributed by atoms with Crippen molar-refractivity contribution in [1.82, 2.24) is 5.32 Å². The van der Waals surface area contributed by atoms with Crippen LogP contribution in [0.15, 0.2) is 24.3 Å². The Balaban J connectivity index is 1.09. The van der Waals surface area contributed by atoms with E-state index in [0.717, 1.165) is 19.1 Å². The molecule has 7 rings (SSSR count). The molecule has 0 aromatic heterocycles. The fourth-order valence-corrected chi connectivity index (χ4v) is 10.4. The first kappa shape index (κ1) is 68.2. The predicted molar refractivity (Wildman–Crippen MR) is 267 cm³/mol. The zero-order valence-electron chi connectivity index (χ0n) is 45.4. The normalized spacial score (nSPS) is 44.8. The zero-order chi connectivity index (χ0) is 61.4. The first-order valence-corrected chi connectivity index (χ1v) is 27.2. The number of unbranched alkanes of at least 4 members (excludes halogenated alkanes) is 2. The van der Waals surface area contributed by atoms with Gasteiger partial charge in [-0.15, -0.1) is 0 Å². The Labute approximate surface area is 478 Å². The molecule has 6 fully saturated rings. The third kappa shape index (κ3) is 15.6. The van der Waals surface area contributed by atoms with Crippen molar-refractivity contribution >= 4 is 11.6 Å². The van der Waals surface area contributed by atoms with Crippen molar-refractivity contribution in [3.8, 4) is 5.75 Å². The average Bonchev–Trinajstić information content (AvgIpc) is 3.55. The minimum atomic E-state index is -2.25. The third-order valence-electron chi connectivity index (χ3n) is 15.2. The molecule has 19 N–H and O–H groups in total. The van der Waals surface area contributed by atoms with E-state index in [0.29, 0.717) is 25.8 Å². The molecule has 35 heteroatoms. The van der Waals surface area contributed by atoms with E-state index in [-0.39, 0.29) is 18.0 Å². The van der Waals surface area contributed by atoms with Gasteiger partial charge in [-0.25, -0.2) is 0 Å². The van der Waals surface area contributed by atoms with Crippen LogP contribution in [0, 0.1) is 10.1 Å². The monoisotopic (exact) mass is 1220 g/mol. The number of nitrogens with one attached hydrogen (secondary N) is 1. The number of hydrogen-bond donors (Lipinski definition) is 18. The minimum Gasteiger partial charge on any atom is -0.491 e. The standard InChI is InChI=1S/C49H79N3O32/c1-17-27(58)31(62)35(66)46(74-17)84-43-32(63)28(59)21(12-53)77-49(43)82-41-26(51-18(2)57)44(75-22(13-54)29(41)60)83-42-30(61)23(14-55)76-48(38(42)69)80-39-24(15-56)78-47(37(68)34(39)65)81-40-25(16-73-20-8-6-19(7-9-20)52(70)71)79-45(36(67)33(40)64)72-11-5-3-4-10-50/h6-9,17,21-49,53-56,58-69H,3-5,10-16,50H2,1-2H3,(H,51,57)/t17?,21?,22?,23?,24?,25?,26-,27+,28-,29-,30-,31?,32?,33?,34?,35-,36-,37-,38?,39-,40+,41?,42-,43-,44-,45+,46-,47-,48+,49-/m0/s1. The third-order valence-corrected chi connectivity index (χ3v) is 15.2. The summed E-state index contributed by atoms with van der Waals surface area (Å²) >= 11 is 0. The molecule has 0 aliphatic carbocycles. The van der Waals surface area contributed by atoms with Gasteiger partial charge in [-0.3, -0.25) is 14.9 Å². The number of nitro groups is 1. The van der Waals surface area contributed by atoms with E-state index >= 15 is 0 Å². The summed E-state index contributed by atoms with van der Waals surface area (Å²) in [6.45, 7) is -1.73. The summed E-state index contributed by atoms with van der Waals surface area (Å²) in [5, 5.41) is 190. The van der Waals surface area contributed by atoms with Crippen molar-refractivity contribution < 1.29 is 153 Å². The lowest BCUT2D eigenvalue weighted by molar-refractivity contribution is -0.393. The lowest BCUT2D eigenvalue weighted by atomic mass is 9.94. The molecule has 1 amide bonds. The van der Waals surface area contributed by atoms with Gasteiger partial charge >= 0.3 is 0 Å². The average molecular weight is 1220 g/mol. The van der Waals surface area contributed by atoms with E-state index in [4.69, 9.17) is 67.3 Å². The number of nitrogens with two attached hydrogens (primary N) is 1. The Morgan fingerprint density at radius 3 is 1.57 bits per heavy atom. The summed E-state index contributed by atoms with van der Waals surface area (Å²) < 4.78 is 76.1. The lowest BCUT2D eigenvalue weighted by Gasteiger charge is -2.51. The number of non-ortho nitro benzene ring substituents is 1. The van der Waals surface area contributed by atoms with Gasteiger partial charge in [0.15, 0.2) is 37.7 Å². The van der Waals surface area contributed by atoms with Crippen molar-refractivity contribution in [2.24, 2.45) is 5.73 Å². The fourth-order valence-electron chi connectivity index (χ4n) is 10.4. The number of aliphatic hydroxyl groups is 16. The minimum absolute atomic E-state index is 0.0675. The molecule has 6 aliphatic heterocycles. The number of nitrogens with zero attached hydrogens (tertiary/aromatic N) is 1. The number of amides is 1. The number of carbonyl (C=O) groups is 1. The Morgan fingerprint density at radius 2 is 0.976 bits per heavy atom. The summed E-state index contributed by atoms with van der Waals surface area (Å²) in [7, 11) is 0. The molecule has 1 aromatic rings. The number of ether oxygens (including phenoxy) is 13. The second kappa shape index (κ2) is 30.8. The van der Waals surface area contributed by atoms with Gasteiger partial charge in [0.1, 0.15) is 153 Å². The topological polar surface area (TPSA) is 542 Å². The second-order valence-corrected chi connectivity index (χ2v) is 21.1. The summed E-state index contributed by atoms with van der Waals surface area (Å²) in [6, 6.07) is 3.09. The number of benzene rings is 1. The van der Waals surface area contributed by atoms with Gasteiger partial charge in [-0.2, -0.15) is 0 Å². The van der Waals surface area contributed by atoms with Crippen molar-refractivity contribution in [3.05, 3.63) is 34.4 Å². The van der Waals surface area contributed by atoms with Crippen molar-refractivity contribution in [3.63, 3.8) is 0 Å². The van der Waals surface area contributed by atoms with Crippen LogP contribution < -0.4 is 15.8 Å². The number of carbonyl (C=O) groups excluding carboxylic acids is 1. The van der Waals surface area contributed by atoms with Crippen LogP contribution in [0.2, 0.25) is 0 Å². The van der Waals surface area contributed by atoms with E-state index < -0.39 is 228 Å². The molecule has 6 aliphatic rings. The molecule has 1 aromatic carbocycles. The molecule has 6 heterocycles. The summed E-state index contributed by atoms with van der Waals surface area (Å²) in [4.78, 5) is 23.5. The second-order valence-electron chi connectivity index (χ2n) is 21.1. The Bertz CT molecular complexity index is 2180. The van der Waals surface area contributed by atoms with Crippen molar-refractivity contribution in [2.45, 2.75) is 217 Å². The van der Waals surface area contributed by atoms with Crippen LogP contribution in [-0.4, -0.2) is 323 Å². The quantitative estimate of drug-likeness (QED) is 0.0246. The molecular weight excluding hydrogens is 1140 g/mol. The first-order chi connectivity index (χ1) is 40.0.